The lowest BCUT2D eigenvalue weighted by Crippen LogP contribution is -2.33. The maximum atomic E-state index is 11.4. The third kappa shape index (κ3) is 3.29. The summed E-state index contributed by atoms with van der Waals surface area (Å²) in [5, 5.41) is 2.92. The number of nitrogens with zero attached hydrogens (tertiary/aromatic N) is 3. The van der Waals surface area contributed by atoms with Gasteiger partial charge in [-0.2, -0.15) is 0 Å². The molecule has 1 amide bonds. The molecule has 1 unspecified atom stereocenters. The van der Waals surface area contributed by atoms with Crippen LogP contribution in [0.25, 0.3) is 11.2 Å². The molecule has 1 fully saturated rings. The predicted molar refractivity (Wildman–Crippen MR) is 108 cm³/mol. The van der Waals surface area contributed by atoms with Gasteiger partial charge in [-0.25, -0.2) is 4.98 Å². The Hall–Kier alpha value is -3.41. The van der Waals surface area contributed by atoms with Crippen molar-refractivity contribution in [3.05, 3.63) is 66.1 Å². The summed E-state index contributed by atoms with van der Waals surface area (Å²) in [6.45, 7) is 1.39. The van der Waals surface area contributed by atoms with Crippen LogP contribution in [0.15, 0.2) is 59.9 Å². The average Bonchev–Trinajstić information content (AvgIpc) is 3.39. The first kappa shape index (κ1) is 16.7. The first-order chi connectivity index (χ1) is 13.7. The van der Waals surface area contributed by atoms with Crippen molar-refractivity contribution in [2.24, 2.45) is 4.99 Å². The first-order valence-electron chi connectivity index (χ1n) is 9.47. The number of nitrogens with one attached hydrogen (secondary N) is 1. The van der Waals surface area contributed by atoms with Crippen molar-refractivity contribution in [3.63, 3.8) is 0 Å². The molecule has 28 heavy (non-hydrogen) atoms. The van der Waals surface area contributed by atoms with Crippen LogP contribution in [0.3, 0.4) is 0 Å². The molecule has 1 aromatic carbocycles. The zero-order valence-corrected chi connectivity index (χ0v) is 15.3. The Kier molecular flexibility index (Phi) is 4.16. The number of ether oxygens (including phenoxy) is 1. The number of aromatic nitrogens is 2. The number of aliphatic imine (C=N–C) groups is 1. The van der Waals surface area contributed by atoms with Gasteiger partial charge in [0, 0.05) is 31.3 Å². The Morgan fingerprint density at radius 3 is 2.68 bits per heavy atom. The van der Waals surface area contributed by atoms with E-state index in [0.29, 0.717) is 13.0 Å². The highest BCUT2D eigenvalue weighted by Gasteiger charge is 2.21. The zero-order valence-electron chi connectivity index (χ0n) is 15.3. The smallest absolute Gasteiger partial charge is 0.220 e. The maximum Gasteiger partial charge on any atom is 0.220 e. The third-order valence-corrected chi connectivity index (χ3v) is 5.23. The van der Waals surface area contributed by atoms with E-state index in [0.717, 1.165) is 35.8 Å². The van der Waals surface area contributed by atoms with Gasteiger partial charge in [0.25, 0.3) is 0 Å². The summed E-state index contributed by atoms with van der Waals surface area (Å²) >= 11 is 0. The highest BCUT2D eigenvalue weighted by molar-refractivity contribution is 5.89. The molecule has 1 saturated heterocycles. The number of imidazole rings is 1. The Bertz CT molecular complexity index is 1090. The van der Waals surface area contributed by atoms with Crippen LogP contribution in [-0.2, 0) is 4.79 Å². The van der Waals surface area contributed by atoms with Gasteiger partial charge in [-0.15, -0.1) is 0 Å². The molecule has 2 aromatic heterocycles. The largest absolute Gasteiger partial charge is 0.456 e. The number of allylic oxidation sites excluding steroid dienone is 1. The summed E-state index contributed by atoms with van der Waals surface area (Å²) in [4.78, 5) is 20.3. The van der Waals surface area contributed by atoms with Gasteiger partial charge in [-0.3, -0.25) is 9.79 Å². The molecule has 5 rings (SSSR count). The van der Waals surface area contributed by atoms with E-state index in [1.807, 2.05) is 53.4 Å². The van der Waals surface area contributed by atoms with Crippen molar-refractivity contribution in [1.29, 1.82) is 0 Å². The number of piperidine rings is 1. The summed E-state index contributed by atoms with van der Waals surface area (Å²) in [5.41, 5.74) is 4.27. The van der Waals surface area contributed by atoms with Gasteiger partial charge in [0.1, 0.15) is 17.1 Å². The number of fused-ring (bicyclic) bond motifs is 1. The second-order valence-electron chi connectivity index (χ2n) is 7.14. The topological polar surface area (TPSA) is 68.0 Å². The van der Waals surface area contributed by atoms with Crippen LogP contribution >= 0.6 is 0 Å². The molecule has 0 saturated carbocycles. The van der Waals surface area contributed by atoms with Crippen molar-refractivity contribution < 1.29 is 9.53 Å². The molecule has 0 bridgehead atoms. The molecular weight excluding hydrogens is 352 g/mol. The molecule has 3 aromatic rings. The highest BCUT2D eigenvalue weighted by atomic mass is 16.5. The van der Waals surface area contributed by atoms with Crippen LogP contribution in [0.5, 0.6) is 11.5 Å². The van der Waals surface area contributed by atoms with Crippen molar-refractivity contribution >= 4 is 23.3 Å². The minimum Gasteiger partial charge on any atom is -0.456 e. The molecule has 0 aliphatic carbocycles. The van der Waals surface area contributed by atoms with Crippen LogP contribution in [0, 0.1) is 0 Å². The quantitative estimate of drug-likeness (QED) is 0.761. The molecule has 4 heterocycles. The van der Waals surface area contributed by atoms with Crippen molar-refractivity contribution in [3.8, 4) is 11.5 Å². The number of carbonyl (C=O) groups is 1. The Morgan fingerprint density at radius 2 is 1.93 bits per heavy atom. The van der Waals surface area contributed by atoms with Gasteiger partial charge in [0.05, 0.1) is 18.4 Å². The average molecular weight is 372 g/mol. The summed E-state index contributed by atoms with van der Waals surface area (Å²) in [6.07, 6.45) is 9.25. The van der Waals surface area contributed by atoms with E-state index < -0.39 is 0 Å². The minimum absolute atomic E-state index is 0.124. The molecule has 6 heteroatoms. The summed E-state index contributed by atoms with van der Waals surface area (Å²) in [7, 11) is 0. The monoisotopic (exact) mass is 372 g/mol. The SMILES string of the molecule is O=C1CCC(c2cn3cc(Oc4ccc(C5=CC=NC5)cc4)ccc3n2)CN1. The second-order valence-corrected chi connectivity index (χ2v) is 7.14. The van der Waals surface area contributed by atoms with E-state index in [1.165, 1.54) is 11.1 Å². The fourth-order valence-corrected chi connectivity index (χ4v) is 3.64. The van der Waals surface area contributed by atoms with E-state index in [2.05, 4.69) is 22.4 Å². The number of hydrogen-bond donors (Lipinski definition) is 1. The van der Waals surface area contributed by atoms with E-state index in [4.69, 9.17) is 9.72 Å². The lowest BCUT2D eigenvalue weighted by Gasteiger charge is -2.20. The van der Waals surface area contributed by atoms with Gasteiger partial charge < -0.3 is 14.5 Å². The molecular formula is C22H20N4O2. The molecule has 140 valence electrons. The van der Waals surface area contributed by atoms with Crippen molar-refractivity contribution in [1.82, 2.24) is 14.7 Å². The maximum absolute atomic E-state index is 11.4. The summed E-state index contributed by atoms with van der Waals surface area (Å²) in [6, 6.07) is 11.9. The molecule has 0 radical (unpaired) electrons. The predicted octanol–water partition coefficient (Wildman–Crippen LogP) is 3.59. The fraction of sp³-hybridized carbons (Fsp3) is 0.227. The van der Waals surface area contributed by atoms with Gasteiger partial charge >= 0.3 is 0 Å². The normalized spacial score (nSPS) is 18.9. The van der Waals surface area contributed by atoms with Crippen LogP contribution < -0.4 is 10.1 Å². The number of benzene rings is 1. The van der Waals surface area contributed by atoms with Crippen LogP contribution in [0.1, 0.15) is 30.0 Å². The van der Waals surface area contributed by atoms with Crippen LogP contribution in [-0.4, -0.2) is 34.6 Å². The second kappa shape index (κ2) is 6.96. The number of pyridine rings is 1. The van der Waals surface area contributed by atoms with Gasteiger partial charge in [-0.1, -0.05) is 12.1 Å². The van der Waals surface area contributed by atoms with Gasteiger partial charge in [0.2, 0.25) is 5.91 Å². The molecule has 2 aliphatic heterocycles. The van der Waals surface area contributed by atoms with Gasteiger partial charge in [-0.05, 0) is 47.9 Å². The number of carbonyl (C=O) groups excluding carboxylic acids is 1. The summed E-state index contributed by atoms with van der Waals surface area (Å²) < 4.78 is 8.00. The lowest BCUT2D eigenvalue weighted by molar-refractivity contribution is -0.122. The number of rotatable bonds is 4. The number of hydrogen-bond acceptors (Lipinski definition) is 4. The first-order valence-corrected chi connectivity index (χ1v) is 9.47. The lowest BCUT2D eigenvalue weighted by atomic mass is 9.96. The Balaban J connectivity index is 1.33. The zero-order chi connectivity index (χ0) is 18.9. The van der Waals surface area contributed by atoms with E-state index in [1.54, 1.807) is 0 Å². The minimum atomic E-state index is 0.124. The third-order valence-electron chi connectivity index (χ3n) is 5.23. The van der Waals surface area contributed by atoms with Gasteiger partial charge in [0.15, 0.2) is 0 Å². The molecule has 1 atom stereocenters. The summed E-state index contributed by atoms with van der Waals surface area (Å²) in [5.74, 6) is 1.93. The van der Waals surface area contributed by atoms with Crippen molar-refractivity contribution in [2.45, 2.75) is 18.8 Å². The molecule has 0 spiro atoms. The van der Waals surface area contributed by atoms with Crippen molar-refractivity contribution in [2.75, 3.05) is 13.1 Å². The standard InChI is InChI=1S/C22H20N4O2/c27-22-8-3-17(12-24-22)20-14-26-13-19(6-7-21(26)25-20)28-18-4-1-15(2-5-18)16-9-10-23-11-16/h1-2,4-7,9-10,13-14,17H,3,8,11-12H2,(H,24,27). The Morgan fingerprint density at radius 1 is 1.07 bits per heavy atom. The van der Waals surface area contributed by atoms with Crippen LogP contribution in [0.2, 0.25) is 0 Å². The van der Waals surface area contributed by atoms with E-state index in [9.17, 15) is 4.79 Å². The molecule has 6 nitrogen and oxygen atoms in total. The highest BCUT2D eigenvalue weighted by Crippen LogP contribution is 2.27. The number of amides is 1. The molecule has 2 aliphatic rings. The van der Waals surface area contributed by atoms with E-state index >= 15 is 0 Å². The van der Waals surface area contributed by atoms with E-state index in [-0.39, 0.29) is 11.8 Å². The molecule has 1 N–H and O–H groups in total. The van der Waals surface area contributed by atoms with Crippen LogP contribution in [0.4, 0.5) is 0 Å². The Labute approximate surface area is 162 Å². The fourth-order valence-electron chi connectivity index (χ4n) is 3.64.